The van der Waals surface area contributed by atoms with E-state index in [9.17, 15) is 0 Å². The van der Waals surface area contributed by atoms with Crippen molar-refractivity contribution in [3.05, 3.63) is 24.3 Å². The zero-order chi connectivity index (χ0) is 14.0. The highest BCUT2D eigenvalue weighted by Crippen LogP contribution is 2.35. The van der Waals surface area contributed by atoms with Crippen molar-refractivity contribution in [2.45, 2.75) is 51.7 Å². The molecule has 2 aliphatic rings. The molecule has 1 heterocycles. The summed E-state index contributed by atoms with van der Waals surface area (Å²) in [6.45, 7) is 6.24. The first-order valence-electron chi connectivity index (χ1n) is 7.77. The third-order valence-electron chi connectivity index (χ3n) is 4.67. The standard InChI is InChI=1S/C17H25NO2/c1-17(2)10-6-5-9-16(17)18-11-13-12-19-14-7-3-4-8-15(14)20-13/h3-4,7-8,13,16,18H,5-6,9-12H2,1-2H3. The number of ether oxygens (including phenoxy) is 2. The number of rotatable bonds is 3. The lowest BCUT2D eigenvalue weighted by Crippen LogP contribution is -2.49. The Morgan fingerprint density at radius 1 is 1.20 bits per heavy atom. The Kier molecular flexibility index (Phi) is 3.88. The maximum atomic E-state index is 6.00. The molecule has 2 unspecified atom stereocenters. The van der Waals surface area contributed by atoms with Crippen LogP contribution in [0, 0.1) is 5.41 Å². The molecule has 20 heavy (non-hydrogen) atoms. The molecular formula is C17H25NO2. The van der Waals surface area contributed by atoms with Gasteiger partial charge in [-0.2, -0.15) is 0 Å². The average Bonchev–Trinajstić information content (AvgIpc) is 2.45. The smallest absolute Gasteiger partial charge is 0.161 e. The molecule has 0 spiro atoms. The zero-order valence-electron chi connectivity index (χ0n) is 12.5. The Balaban J connectivity index is 1.55. The van der Waals surface area contributed by atoms with E-state index in [0.29, 0.717) is 18.1 Å². The molecule has 1 saturated carbocycles. The number of benzene rings is 1. The number of hydrogen-bond acceptors (Lipinski definition) is 3. The van der Waals surface area contributed by atoms with Crippen LogP contribution in [0.1, 0.15) is 39.5 Å². The molecule has 1 aliphatic heterocycles. The molecule has 110 valence electrons. The maximum Gasteiger partial charge on any atom is 0.161 e. The van der Waals surface area contributed by atoms with Gasteiger partial charge in [0.25, 0.3) is 0 Å². The fourth-order valence-electron chi connectivity index (χ4n) is 3.31. The molecule has 0 radical (unpaired) electrons. The minimum atomic E-state index is 0.114. The second-order valence-corrected chi connectivity index (χ2v) is 6.69. The SMILES string of the molecule is CC1(C)CCCCC1NCC1COc2ccccc2O1. The van der Waals surface area contributed by atoms with E-state index in [4.69, 9.17) is 9.47 Å². The lowest BCUT2D eigenvalue weighted by Gasteiger charge is -2.40. The van der Waals surface area contributed by atoms with Crippen LogP contribution in [0.15, 0.2) is 24.3 Å². The van der Waals surface area contributed by atoms with Gasteiger partial charge in [0.2, 0.25) is 0 Å². The number of para-hydroxylation sites is 2. The average molecular weight is 275 g/mol. The second-order valence-electron chi connectivity index (χ2n) is 6.69. The van der Waals surface area contributed by atoms with Crippen molar-refractivity contribution < 1.29 is 9.47 Å². The highest BCUT2D eigenvalue weighted by molar-refractivity contribution is 5.40. The summed E-state index contributed by atoms with van der Waals surface area (Å²) in [4.78, 5) is 0. The van der Waals surface area contributed by atoms with E-state index in [1.807, 2.05) is 24.3 Å². The van der Waals surface area contributed by atoms with Gasteiger partial charge in [-0.15, -0.1) is 0 Å². The Morgan fingerprint density at radius 3 is 2.80 bits per heavy atom. The van der Waals surface area contributed by atoms with Gasteiger partial charge in [-0.3, -0.25) is 0 Å². The Morgan fingerprint density at radius 2 is 2.00 bits per heavy atom. The van der Waals surface area contributed by atoms with E-state index in [1.165, 1.54) is 25.7 Å². The summed E-state index contributed by atoms with van der Waals surface area (Å²) in [6, 6.07) is 8.50. The fourth-order valence-corrected chi connectivity index (χ4v) is 3.31. The molecule has 0 bridgehead atoms. The highest BCUT2D eigenvalue weighted by Gasteiger charge is 2.32. The largest absolute Gasteiger partial charge is 0.486 e. The van der Waals surface area contributed by atoms with Gasteiger partial charge in [0, 0.05) is 12.6 Å². The second kappa shape index (κ2) is 5.65. The molecule has 1 aromatic rings. The monoisotopic (exact) mass is 275 g/mol. The van der Waals surface area contributed by atoms with Gasteiger partial charge in [-0.05, 0) is 30.4 Å². The Hall–Kier alpha value is -1.22. The zero-order valence-corrected chi connectivity index (χ0v) is 12.5. The lowest BCUT2D eigenvalue weighted by molar-refractivity contribution is 0.0767. The van der Waals surface area contributed by atoms with Crippen molar-refractivity contribution >= 4 is 0 Å². The van der Waals surface area contributed by atoms with Crippen molar-refractivity contribution in [1.82, 2.24) is 5.32 Å². The van der Waals surface area contributed by atoms with Gasteiger partial charge in [0.05, 0.1) is 0 Å². The van der Waals surface area contributed by atoms with Crippen molar-refractivity contribution in [3.8, 4) is 11.5 Å². The lowest BCUT2D eigenvalue weighted by atomic mass is 9.73. The molecule has 0 saturated heterocycles. The van der Waals surface area contributed by atoms with Crippen molar-refractivity contribution in [1.29, 1.82) is 0 Å². The van der Waals surface area contributed by atoms with Crippen molar-refractivity contribution in [2.75, 3.05) is 13.2 Å². The number of nitrogens with one attached hydrogen (secondary N) is 1. The number of hydrogen-bond donors (Lipinski definition) is 1. The molecule has 2 atom stereocenters. The van der Waals surface area contributed by atoms with Crippen LogP contribution in [0.25, 0.3) is 0 Å². The van der Waals surface area contributed by atoms with Crippen LogP contribution in [-0.2, 0) is 0 Å². The van der Waals surface area contributed by atoms with Crippen LogP contribution in [0.4, 0.5) is 0 Å². The third-order valence-corrected chi connectivity index (χ3v) is 4.67. The molecule has 1 aliphatic carbocycles. The van der Waals surface area contributed by atoms with Crippen LogP contribution in [0.2, 0.25) is 0 Å². The molecule has 1 fully saturated rings. The summed E-state index contributed by atoms with van der Waals surface area (Å²) >= 11 is 0. The van der Waals surface area contributed by atoms with Crippen LogP contribution in [0.3, 0.4) is 0 Å². The molecule has 3 rings (SSSR count). The van der Waals surface area contributed by atoms with Gasteiger partial charge in [-0.1, -0.05) is 38.8 Å². The molecule has 3 heteroatoms. The number of fused-ring (bicyclic) bond motifs is 1. The predicted molar refractivity (Wildman–Crippen MR) is 80.4 cm³/mol. The van der Waals surface area contributed by atoms with E-state index in [2.05, 4.69) is 19.2 Å². The minimum Gasteiger partial charge on any atom is -0.486 e. The summed E-state index contributed by atoms with van der Waals surface area (Å²) in [5, 5.41) is 3.71. The molecule has 0 amide bonds. The fraction of sp³-hybridized carbons (Fsp3) is 0.647. The molecule has 1 N–H and O–H groups in total. The van der Waals surface area contributed by atoms with Crippen LogP contribution in [0.5, 0.6) is 11.5 Å². The van der Waals surface area contributed by atoms with Gasteiger partial charge in [-0.25, -0.2) is 0 Å². The van der Waals surface area contributed by atoms with E-state index in [-0.39, 0.29) is 6.10 Å². The first-order chi connectivity index (χ1) is 9.65. The van der Waals surface area contributed by atoms with Gasteiger partial charge >= 0.3 is 0 Å². The Labute approximate surface area is 121 Å². The van der Waals surface area contributed by atoms with Gasteiger partial charge < -0.3 is 14.8 Å². The van der Waals surface area contributed by atoms with Crippen molar-refractivity contribution in [2.24, 2.45) is 5.41 Å². The van der Waals surface area contributed by atoms with Crippen molar-refractivity contribution in [3.63, 3.8) is 0 Å². The summed E-state index contributed by atoms with van der Waals surface area (Å²) in [7, 11) is 0. The van der Waals surface area contributed by atoms with E-state index < -0.39 is 0 Å². The Bertz CT molecular complexity index is 458. The topological polar surface area (TPSA) is 30.5 Å². The van der Waals surface area contributed by atoms with Crippen LogP contribution >= 0.6 is 0 Å². The summed E-state index contributed by atoms with van der Waals surface area (Å²) < 4.78 is 11.8. The summed E-state index contributed by atoms with van der Waals surface area (Å²) in [6.07, 6.45) is 5.41. The van der Waals surface area contributed by atoms with E-state index >= 15 is 0 Å². The highest BCUT2D eigenvalue weighted by atomic mass is 16.6. The van der Waals surface area contributed by atoms with E-state index in [1.54, 1.807) is 0 Å². The van der Waals surface area contributed by atoms with Crippen LogP contribution < -0.4 is 14.8 Å². The molecule has 0 aromatic heterocycles. The normalized spacial score (nSPS) is 28.1. The molecule has 1 aromatic carbocycles. The molecular weight excluding hydrogens is 250 g/mol. The quantitative estimate of drug-likeness (QED) is 0.917. The first kappa shape index (κ1) is 13.7. The first-order valence-corrected chi connectivity index (χ1v) is 7.77. The third kappa shape index (κ3) is 2.93. The summed E-state index contributed by atoms with van der Waals surface area (Å²) in [5.41, 5.74) is 0.395. The predicted octanol–water partition coefficient (Wildman–Crippen LogP) is 3.38. The summed E-state index contributed by atoms with van der Waals surface area (Å²) in [5.74, 6) is 1.73. The van der Waals surface area contributed by atoms with Crippen LogP contribution in [-0.4, -0.2) is 25.3 Å². The minimum absolute atomic E-state index is 0.114. The van der Waals surface area contributed by atoms with Gasteiger partial charge in [0.15, 0.2) is 11.5 Å². The maximum absolute atomic E-state index is 6.00. The molecule has 3 nitrogen and oxygen atoms in total. The van der Waals surface area contributed by atoms with Gasteiger partial charge in [0.1, 0.15) is 12.7 Å². The van der Waals surface area contributed by atoms with E-state index in [0.717, 1.165) is 18.0 Å².